The van der Waals surface area contributed by atoms with Gasteiger partial charge in [0.15, 0.2) is 0 Å². The van der Waals surface area contributed by atoms with Crippen molar-refractivity contribution in [2.75, 3.05) is 50.1 Å². The molecule has 12 heteroatoms. The molecule has 0 bridgehead atoms. The van der Waals surface area contributed by atoms with Gasteiger partial charge in [0.25, 0.3) is 5.91 Å². The van der Waals surface area contributed by atoms with Gasteiger partial charge in [-0.1, -0.05) is 6.07 Å². The van der Waals surface area contributed by atoms with Crippen LogP contribution in [0.2, 0.25) is 0 Å². The summed E-state index contributed by atoms with van der Waals surface area (Å²) >= 11 is 0. The first kappa shape index (κ1) is 26.8. The highest BCUT2D eigenvalue weighted by atomic mass is 19.4. The third-order valence-electron chi connectivity index (χ3n) is 6.98. The van der Waals surface area contributed by atoms with Crippen LogP contribution in [-0.2, 0) is 9.59 Å². The Hall–Kier alpha value is -3.80. The quantitative estimate of drug-likeness (QED) is 0.528. The first-order chi connectivity index (χ1) is 18.6. The predicted octanol–water partition coefficient (Wildman–Crippen LogP) is 4.08. The molecule has 2 aliphatic heterocycles. The summed E-state index contributed by atoms with van der Waals surface area (Å²) < 4.78 is 61.4. The predicted molar refractivity (Wildman–Crippen MR) is 137 cm³/mol. The lowest BCUT2D eigenvalue weighted by Gasteiger charge is -2.35. The van der Waals surface area contributed by atoms with Gasteiger partial charge in [-0.05, 0) is 43.5 Å². The van der Waals surface area contributed by atoms with E-state index in [0.717, 1.165) is 32.1 Å². The number of alkyl halides is 3. The summed E-state index contributed by atoms with van der Waals surface area (Å²) in [6, 6.07) is 6.39. The van der Waals surface area contributed by atoms with E-state index in [-0.39, 0.29) is 17.1 Å². The Kier molecular flexibility index (Phi) is 7.39. The van der Waals surface area contributed by atoms with Gasteiger partial charge in [-0.3, -0.25) is 9.59 Å². The summed E-state index contributed by atoms with van der Waals surface area (Å²) in [4.78, 5) is 36.2. The highest BCUT2D eigenvalue weighted by Gasteiger charge is 2.43. The summed E-state index contributed by atoms with van der Waals surface area (Å²) in [5.41, 5.74) is 0.0667. The van der Waals surface area contributed by atoms with Crippen LogP contribution in [-0.4, -0.2) is 73.9 Å². The molecular weight excluding hydrogens is 518 g/mol. The number of hydrogen-bond acceptors (Lipinski definition) is 6. The number of aliphatic imine (C=N–C) groups is 1. The van der Waals surface area contributed by atoms with Gasteiger partial charge in [-0.15, -0.1) is 0 Å². The molecule has 206 valence electrons. The number of carbonyl (C=O) groups is 2. The first-order valence-electron chi connectivity index (χ1n) is 12.6. The summed E-state index contributed by atoms with van der Waals surface area (Å²) in [7, 11) is 1.98. The van der Waals surface area contributed by atoms with E-state index in [0.29, 0.717) is 49.2 Å². The molecule has 0 spiro atoms. The number of nitrogens with one attached hydrogen (secondary N) is 1. The fraction of sp³-hybridized carbons (Fsp3) is 0.407. The molecule has 3 aliphatic rings. The van der Waals surface area contributed by atoms with Crippen LogP contribution in [0.1, 0.15) is 12.8 Å². The van der Waals surface area contributed by atoms with Crippen LogP contribution in [0.15, 0.2) is 47.1 Å². The molecule has 1 saturated carbocycles. The summed E-state index contributed by atoms with van der Waals surface area (Å²) in [5.74, 6) is -3.79. The zero-order valence-corrected chi connectivity index (χ0v) is 21.2. The highest BCUT2D eigenvalue weighted by Crippen LogP contribution is 2.37. The number of pyridine rings is 1. The van der Waals surface area contributed by atoms with Crippen LogP contribution in [0.5, 0.6) is 5.88 Å². The molecule has 1 aromatic heterocycles. The van der Waals surface area contributed by atoms with Crippen LogP contribution < -0.4 is 15.0 Å². The van der Waals surface area contributed by atoms with Gasteiger partial charge in [0.1, 0.15) is 11.7 Å². The van der Waals surface area contributed by atoms with Crippen molar-refractivity contribution in [3.05, 3.63) is 47.9 Å². The van der Waals surface area contributed by atoms with Crippen LogP contribution in [0.25, 0.3) is 11.1 Å². The van der Waals surface area contributed by atoms with Gasteiger partial charge in [-0.25, -0.2) is 14.4 Å². The van der Waals surface area contributed by atoms with Crippen molar-refractivity contribution in [2.45, 2.75) is 19.0 Å². The standard InChI is InChI=1S/C27H27F4N5O3/c1-35-6-8-36(9-7-35)23-5-4-17(18-11-25(33-14-21(18)28)39-15-16-2-3-16)10-22(23)34-26(38)19-13-32-24(37)12-20(19)27(29,30)31/h4-5,10-14,16,19H,2-3,6-9,15H2,1H3,(H,34,38). The van der Waals surface area contributed by atoms with Gasteiger partial charge in [0.05, 0.1) is 29.8 Å². The second kappa shape index (κ2) is 10.8. The number of carbonyl (C=O) groups excluding carboxylic acids is 2. The van der Waals surface area contributed by atoms with Crippen molar-refractivity contribution in [2.24, 2.45) is 16.8 Å². The molecule has 0 radical (unpaired) electrons. The Labute approximate surface area is 222 Å². The molecular formula is C27H27F4N5O3. The molecule has 1 N–H and O–H groups in total. The lowest BCUT2D eigenvalue weighted by molar-refractivity contribution is -0.124. The summed E-state index contributed by atoms with van der Waals surface area (Å²) in [6.45, 7) is 3.22. The normalized spacial score (nSPS) is 20.1. The fourth-order valence-corrected chi connectivity index (χ4v) is 4.50. The molecule has 1 aromatic carbocycles. The Morgan fingerprint density at radius 3 is 2.59 bits per heavy atom. The zero-order chi connectivity index (χ0) is 27.7. The number of nitrogens with zero attached hydrogens (tertiary/aromatic N) is 4. The summed E-state index contributed by atoms with van der Waals surface area (Å²) in [5, 5.41) is 2.59. The van der Waals surface area contributed by atoms with Gasteiger partial charge >= 0.3 is 6.18 Å². The van der Waals surface area contributed by atoms with Crippen molar-refractivity contribution in [3.8, 4) is 17.0 Å². The number of amides is 2. The Morgan fingerprint density at radius 2 is 1.90 bits per heavy atom. The van der Waals surface area contributed by atoms with Crippen LogP contribution in [0.4, 0.5) is 28.9 Å². The number of halogens is 4. The highest BCUT2D eigenvalue weighted by molar-refractivity contribution is 6.11. The molecule has 1 unspecified atom stereocenters. The van der Waals surface area contributed by atoms with E-state index in [1.807, 2.05) is 11.9 Å². The number of hydrogen-bond donors (Lipinski definition) is 1. The Bertz CT molecular complexity index is 1330. The fourth-order valence-electron chi connectivity index (χ4n) is 4.50. The number of likely N-dealkylation sites (N-methyl/N-ethyl adjacent to an activating group) is 1. The molecule has 3 heterocycles. The third-order valence-corrected chi connectivity index (χ3v) is 6.98. The maximum absolute atomic E-state index is 14.9. The van der Waals surface area contributed by atoms with Gasteiger partial charge < -0.3 is 19.9 Å². The van der Waals surface area contributed by atoms with E-state index in [2.05, 4.69) is 20.2 Å². The minimum Gasteiger partial charge on any atom is -0.477 e. The van der Waals surface area contributed by atoms with Gasteiger partial charge in [0.2, 0.25) is 11.8 Å². The second-order valence-electron chi connectivity index (χ2n) is 9.96. The zero-order valence-electron chi connectivity index (χ0n) is 21.2. The number of rotatable bonds is 7. The molecule has 2 fully saturated rings. The van der Waals surface area contributed by atoms with Gasteiger partial charge in [0, 0.05) is 50.1 Å². The molecule has 8 nitrogen and oxygen atoms in total. The summed E-state index contributed by atoms with van der Waals surface area (Å²) in [6.07, 6.45) is -0.654. The van der Waals surface area contributed by atoms with Crippen LogP contribution in [0, 0.1) is 17.7 Å². The van der Waals surface area contributed by atoms with Crippen molar-refractivity contribution in [1.82, 2.24) is 9.88 Å². The maximum Gasteiger partial charge on any atom is 0.414 e. The Balaban J connectivity index is 1.48. The van der Waals surface area contributed by atoms with E-state index in [1.165, 1.54) is 12.1 Å². The third kappa shape index (κ3) is 6.27. The molecule has 1 atom stereocenters. The molecule has 1 saturated heterocycles. The largest absolute Gasteiger partial charge is 0.477 e. The van der Waals surface area contributed by atoms with Crippen molar-refractivity contribution >= 4 is 29.4 Å². The SMILES string of the molecule is CN1CCN(c2ccc(-c3cc(OCC4CC4)ncc3F)cc2NC(=O)C2C=NC(=O)C=C2C(F)(F)F)CC1. The molecule has 5 rings (SSSR count). The minimum atomic E-state index is -4.90. The van der Waals surface area contributed by atoms with Crippen molar-refractivity contribution in [3.63, 3.8) is 0 Å². The molecule has 2 amide bonds. The van der Waals surface area contributed by atoms with E-state index in [1.54, 1.807) is 12.1 Å². The number of anilines is 2. The number of piperazine rings is 1. The smallest absolute Gasteiger partial charge is 0.414 e. The van der Waals surface area contributed by atoms with E-state index < -0.39 is 35.3 Å². The average Bonchev–Trinajstić information content (AvgIpc) is 3.73. The number of benzene rings is 1. The monoisotopic (exact) mass is 545 g/mol. The van der Waals surface area contributed by atoms with Crippen LogP contribution >= 0.6 is 0 Å². The lowest BCUT2D eigenvalue weighted by Crippen LogP contribution is -2.44. The topological polar surface area (TPSA) is 87.1 Å². The van der Waals surface area contributed by atoms with E-state index in [9.17, 15) is 27.2 Å². The first-order valence-corrected chi connectivity index (χ1v) is 12.6. The second-order valence-corrected chi connectivity index (χ2v) is 9.96. The molecule has 39 heavy (non-hydrogen) atoms. The molecule has 2 aromatic rings. The van der Waals surface area contributed by atoms with Crippen molar-refractivity contribution < 1.29 is 31.9 Å². The molecule has 1 aliphatic carbocycles. The lowest BCUT2D eigenvalue weighted by atomic mass is 9.95. The number of aromatic nitrogens is 1. The average molecular weight is 546 g/mol. The van der Waals surface area contributed by atoms with Gasteiger partial charge in [-0.2, -0.15) is 13.2 Å². The maximum atomic E-state index is 14.9. The van der Waals surface area contributed by atoms with Crippen molar-refractivity contribution in [1.29, 1.82) is 0 Å². The number of ether oxygens (including phenoxy) is 1. The minimum absolute atomic E-state index is 0.178. The van der Waals surface area contributed by atoms with E-state index in [4.69, 9.17) is 4.74 Å². The Morgan fingerprint density at radius 1 is 1.15 bits per heavy atom. The number of dihydropyridines is 1. The van der Waals surface area contributed by atoms with Crippen LogP contribution in [0.3, 0.4) is 0 Å². The van der Waals surface area contributed by atoms with E-state index >= 15 is 0 Å².